The Labute approximate surface area is 208 Å². The van der Waals surface area contributed by atoms with E-state index in [0.29, 0.717) is 11.4 Å². The van der Waals surface area contributed by atoms with Crippen molar-refractivity contribution in [2.75, 3.05) is 7.05 Å². The Morgan fingerprint density at radius 2 is 1.92 bits per heavy atom. The van der Waals surface area contributed by atoms with Crippen molar-refractivity contribution < 1.29 is 14.3 Å². The highest BCUT2D eigenvalue weighted by Crippen LogP contribution is 2.35. The number of fused-ring (bicyclic) bond motifs is 2. The van der Waals surface area contributed by atoms with Crippen LogP contribution in [0.15, 0.2) is 43.0 Å². The van der Waals surface area contributed by atoms with Gasteiger partial charge in [-0.1, -0.05) is 0 Å². The Morgan fingerprint density at radius 1 is 1.11 bits per heavy atom. The summed E-state index contributed by atoms with van der Waals surface area (Å²) in [6, 6.07) is 7.78. The minimum absolute atomic E-state index is 0.0846. The SMILES string of the molecule is CC(=O)N(C)C1CCC(NC(=O)c2ccc3nn(-c4cnn5cnccc45)c(OC4CC4)c3c2)CC1. The molecule has 10 nitrogen and oxygen atoms in total. The molecule has 0 unspecified atom stereocenters. The van der Waals surface area contributed by atoms with E-state index in [1.54, 1.807) is 34.8 Å². The van der Waals surface area contributed by atoms with Gasteiger partial charge in [0.25, 0.3) is 5.91 Å². The molecule has 2 aliphatic rings. The molecule has 36 heavy (non-hydrogen) atoms. The highest BCUT2D eigenvalue weighted by Gasteiger charge is 2.29. The van der Waals surface area contributed by atoms with Crippen molar-refractivity contribution in [2.45, 2.75) is 63.6 Å². The summed E-state index contributed by atoms with van der Waals surface area (Å²) in [4.78, 5) is 30.8. The number of hydrogen-bond donors (Lipinski definition) is 1. The first-order valence-electron chi connectivity index (χ1n) is 12.5. The summed E-state index contributed by atoms with van der Waals surface area (Å²) in [5.74, 6) is 0.607. The lowest BCUT2D eigenvalue weighted by Gasteiger charge is -2.34. The Morgan fingerprint density at radius 3 is 2.67 bits per heavy atom. The van der Waals surface area contributed by atoms with E-state index in [1.807, 2.05) is 36.2 Å². The van der Waals surface area contributed by atoms with Crippen LogP contribution in [0, 0.1) is 0 Å². The number of nitrogens with zero attached hydrogens (tertiary/aromatic N) is 6. The highest BCUT2D eigenvalue weighted by molar-refractivity contribution is 5.99. The third-order valence-corrected chi connectivity index (χ3v) is 7.30. The van der Waals surface area contributed by atoms with Gasteiger partial charge in [-0.05, 0) is 62.8 Å². The van der Waals surface area contributed by atoms with E-state index < -0.39 is 0 Å². The molecular formula is C26H29N7O3. The fourth-order valence-corrected chi connectivity index (χ4v) is 4.95. The Bertz CT molecular complexity index is 1450. The van der Waals surface area contributed by atoms with Crippen LogP contribution in [0.4, 0.5) is 0 Å². The topological polar surface area (TPSA) is 107 Å². The Hall–Kier alpha value is -3.95. The van der Waals surface area contributed by atoms with E-state index in [2.05, 4.69) is 15.4 Å². The molecule has 0 spiro atoms. The zero-order chi connectivity index (χ0) is 24.8. The Balaban J connectivity index is 1.26. The summed E-state index contributed by atoms with van der Waals surface area (Å²) >= 11 is 0. The lowest BCUT2D eigenvalue weighted by Crippen LogP contribution is -2.44. The van der Waals surface area contributed by atoms with Crippen LogP contribution in [0.1, 0.15) is 55.8 Å². The second kappa shape index (κ2) is 8.92. The molecule has 10 heteroatoms. The molecule has 2 aliphatic carbocycles. The predicted octanol–water partition coefficient (Wildman–Crippen LogP) is 3.13. The number of aromatic nitrogens is 5. The zero-order valence-corrected chi connectivity index (χ0v) is 20.4. The van der Waals surface area contributed by atoms with Gasteiger partial charge in [0, 0.05) is 37.8 Å². The second-order valence-electron chi connectivity index (χ2n) is 9.81. The lowest BCUT2D eigenvalue weighted by molar-refractivity contribution is -0.130. The van der Waals surface area contributed by atoms with Crippen LogP contribution < -0.4 is 10.1 Å². The number of amides is 2. The summed E-state index contributed by atoms with van der Waals surface area (Å²) < 4.78 is 9.78. The van der Waals surface area contributed by atoms with Crippen molar-refractivity contribution in [3.05, 3.63) is 48.5 Å². The van der Waals surface area contributed by atoms with Gasteiger partial charge in [-0.3, -0.25) is 9.59 Å². The van der Waals surface area contributed by atoms with Crippen molar-refractivity contribution in [3.63, 3.8) is 0 Å². The monoisotopic (exact) mass is 487 g/mol. The molecule has 3 aromatic heterocycles. The minimum atomic E-state index is -0.104. The van der Waals surface area contributed by atoms with Gasteiger partial charge in [0.1, 0.15) is 18.1 Å². The maximum Gasteiger partial charge on any atom is 0.251 e. The summed E-state index contributed by atoms with van der Waals surface area (Å²) in [6.07, 6.45) is 10.8. The first-order valence-corrected chi connectivity index (χ1v) is 12.5. The molecule has 186 valence electrons. The summed E-state index contributed by atoms with van der Waals surface area (Å²) in [7, 11) is 1.85. The second-order valence-corrected chi connectivity index (χ2v) is 9.81. The largest absolute Gasteiger partial charge is 0.474 e. The van der Waals surface area contributed by atoms with Gasteiger partial charge in [-0.25, -0.2) is 9.50 Å². The van der Waals surface area contributed by atoms with Crippen LogP contribution in [0.5, 0.6) is 5.88 Å². The highest BCUT2D eigenvalue weighted by atomic mass is 16.5. The number of hydrogen-bond acceptors (Lipinski definition) is 6. The van der Waals surface area contributed by atoms with Crippen molar-refractivity contribution in [1.29, 1.82) is 0 Å². The van der Waals surface area contributed by atoms with Crippen LogP contribution >= 0.6 is 0 Å². The standard InChI is InChI=1S/C26H29N7O3/c1-16(34)31(2)19-6-4-18(5-7-19)29-25(35)17-3-10-22-21(13-17)26(36-20-8-9-20)33(30-22)24-14-28-32-15-27-12-11-23(24)32/h3,10-15,18-20H,4-9H2,1-2H3,(H,29,35). The number of rotatable bonds is 6. The molecule has 2 saturated carbocycles. The summed E-state index contributed by atoms with van der Waals surface area (Å²) in [5, 5.41) is 13.2. The Kier molecular flexibility index (Phi) is 5.58. The van der Waals surface area contributed by atoms with Gasteiger partial charge in [-0.15, -0.1) is 0 Å². The van der Waals surface area contributed by atoms with Crippen molar-refractivity contribution >= 4 is 28.2 Å². The quantitative estimate of drug-likeness (QED) is 0.448. The van der Waals surface area contributed by atoms with Gasteiger partial charge in [0.15, 0.2) is 0 Å². The van der Waals surface area contributed by atoms with Crippen LogP contribution in [-0.4, -0.2) is 66.3 Å². The summed E-state index contributed by atoms with van der Waals surface area (Å²) in [6.45, 7) is 1.60. The van der Waals surface area contributed by atoms with Crippen LogP contribution in [-0.2, 0) is 4.79 Å². The molecule has 4 aromatic rings. The summed E-state index contributed by atoms with van der Waals surface area (Å²) in [5.41, 5.74) is 2.99. The van der Waals surface area contributed by atoms with Gasteiger partial charge in [0.2, 0.25) is 11.8 Å². The van der Waals surface area contributed by atoms with E-state index in [4.69, 9.17) is 9.84 Å². The van der Waals surface area contributed by atoms with Crippen molar-refractivity contribution in [3.8, 4) is 11.6 Å². The minimum Gasteiger partial charge on any atom is -0.474 e. The zero-order valence-electron chi connectivity index (χ0n) is 20.4. The van der Waals surface area contributed by atoms with Gasteiger partial charge in [0.05, 0.1) is 22.6 Å². The van der Waals surface area contributed by atoms with Crippen LogP contribution in [0.25, 0.3) is 22.1 Å². The lowest BCUT2D eigenvalue weighted by atomic mass is 9.90. The number of ether oxygens (including phenoxy) is 1. The maximum atomic E-state index is 13.2. The third-order valence-electron chi connectivity index (χ3n) is 7.30. The molecule has 1 N–H and O–H groups in total. The van der Waals surface area contributed by atoms with Gasteiger partial charge < -0.3 is 15.0 Å². The molecule has 0 bridgehead atoms. The van der Waals surface area contributed by atoms with Crippen molar-refractivity contribution in [1.82, 2.24) is 34.6 Å². The van der Waals surface area contributed by atoms with Crippen LogP contribution in [0.3, 0.4) is 0 Å². The first-order chi connectivity index (χ1) is 17.5. The molecule has 3 heterocycles. The fraction of sp³-hybridized carbons (Fsp3) is 0.423. The number of carbonyl (C=O) groups is 2. The molecule has 6 rings (SSSR count). The number of carbonyl (C=O) groups excluding carboxylic acids is 2. The average molecular weight is 488 g/mol. The van der Waals surface area contributed by atoms with E-state index >= 15 is 0 Å². The molecule has 0 radical (unpaired) electrons. The molecule has 1 aromatic carbocycles. The van der Waals surface area contributed by atoms with E-state index in [-0.39, 0.29) is 30.0 Å². The van der Waals surface area contributed by atoms with Gasteiger partial charge >= 0.3 is 0 Å². The molecule has 0 aliphatic heterocycles. The van der Waals surface area contributed by atoms with E-state index in [9.17, 15) is 9.59 Å². The first kappa shape index (κ1) is 22.5. The predicted molar refractivity (Wildman–Crippen MR) is 133 cm³/mol. The molecular weight excluding hydrogens is 458 g/mol. The fourth-order valence-electron chi connectivity index (χ4n) is 4.95. The average Bonchev–Trinajstić information content (AvgIpc) is 3.50. The molecule has 0 saturated heterocycles. The maximum absolute atomic E-state index is 13.2. The molecule has 2 fully saturated rings. The van der Waals surface area contributed by atoms with Crippen LogP contribution in [0.2, 0.25) is 0 Å². The third kappa shape index (κ3) is 4.16. The smallest absolute Gasteiger partial charge is 0.251 e. The number of nitrogens with one attached hydrogen (secondary N) is 1. The van der Waals surface area contributed by atoms with E-state index in [1.165, 1.54) is 0 Å². The normalized spacial score (nSPS) is 19.9. The molecule has 2 amide bonds. The van der Waals surface area contributed by atoms with E-state index in [0.717, 1.165) is 60.6 Å². The van der Waals surface area contributed by atoms with Gasteiger partial charge in [-0.2, -0.15) is 14.9 Å². The van der Waals surface area contributed by atoms with Crippen molar-refractivity contribution in [2.24, 2.45) is 0 Å². The number of benzene rings is 1. The molecule has 0 atom stereocenters.